The summed E-state index contributed by atoms with van der Waals surface area (Å²) >= 11 is 0. The monoisotopic (exact) mass is 829 g/mol. The van der Waals surface area contributed by atoms with E-state index in [0.717, 1.165) is 86.9 Å². The van der Waals surface area contributed by atoms with Crippen molar-refractivity contribution in [2.75, 3.05) is 26.7 Å². The quantitative estimate of drug-likeness (QED) is 0.115. The largest absolute Gasteiger partial charge is 0.445 e. The summed E-state index contributed by atoms with van der Waals surface area (Å²) in [6.07, 6.45) is 11.6. The van der Waals surface area contributed by atoms with E-state index in [2.05, 4.69) is 45.2 Å². The molecule has 13 nitrogen and oxygen atoms in total. The first kappa shape index (κ1) is 42.0. The Hall–Kier alpha value is -5.69. The lowest BCUT2D eigenvalue weighted by molar-refractivity contribution is -0.134. The van der Waals surface area contributed by atoms with Crippen molar-refractivity contribution in [3.8, 4) is 11.3 Å². The normalized spacial score (nSPS) is 24.5. The molecule has 2 saturated heterocycles. The number of ether oxygens (including phenoxy) is 2. The number of urea groups is 1. The van der Waals surface area contributed by atoms with E-state index in [1.54, 1.807) is 12.0 Å². The predicted octanol–water partition coefficient (Wildman–Crippen LogP) is 7.54. The molecule has 5 amide bonds. The number of likely N-dealkylation sites (tertiary alicyclic amines) is 2. The second-order valence-corrected chi connectivity index (χ2v) is 17.2. The summed E-state index contributed by atoms with van der Waals surface area (Å²) in [5.74, 6) is 1.33. The van der Waals surface area contributed by atoms with E-state index in [9.17, 15) is 19.2 Å². The Morgan fingerprint density at radius 1 is 0.787 bits per heavy atom. The molecule has 0 radical (unpaired) electrons. The van der Waals surface area contributed by atoms with Gasteiger partial charge < -0.3 is 40.2 Å². The smallest absolute Gasteiger partial charge is 0.407 e. The van der Waals surface area contributed by atoms with Crippen molar-refractivity contribution in [2.24, 2.45) is 5.92 Å². The summed E-state index contributed by atoms with van der Waals surface area (Å²) in [5, 5.41) is 9.27. The third kappa shape index (κ3) is 10.4. The molecule has 0 spiro atoms. The van der Waals surface area contributed by atoms with Crippen molar-refractivity contribution in [1.82, 2.24) is 35.7 Å². The average Bonchev–Trinajstić information content (AvgIpc) is 4.11. The fraction of sp³-hybridized carbons (Fsp3) is 0.479. The van der Waals surface area contributed by atoms with Crippen molar-refractivity contribution in [2.45, 2.75) is 113 Å². The number of imidazole rings is 1. The van der Waals surface area contributed by atoms with Crippen LogP contribution in [0.1, 0.15) is 111 Å². The lowest BCUT2D eigenvalue weighted by Crippen LogP contribution is -2.48. The molecule has 0 unspecified atom stereocenters. The number of nitrogens with zero attached hydrogens (tertiary/aromatic N) is 3. The Labute approximate surface area is 358 Å². The van der Waals surface area contributed by atoms with Gasteiger partial charge in [-0.2, -0.15) is 0 Å². The van der Waals surface area contributed by atoms with Gasteiger partial charge in [-0.25, -0.2) is 14.6 Å². The number of carbonyl (C=O) groups excluding carboxylic acids is 4. The van der Waals surface area contributed by atoms with E-state index in [4.69, 9.17) is 14.5 Å². The lowest BCUT2D eigenvalue weighted by Gasteiger charge is -2.32. The Morgan fingerprint density at radius 2 is 1.51 bits per heavy atom. The number of amides is 5. The van der Waals surface area contributed by atoms with Gasteiger partial charge >= 0.3 is 12.1 Å². The minimum atomic E-state index is -0.897. The van der Waals surface area contributed by atoms with Crippen molar-refractivity contribution in [3.63, 3.8) is 0 Å². The molecule has 8 rings (SSSR count). The molecule has 1 aromatic heterocycles. The van der Waals surface area contributed by atoms with Crippen LogP contribution >= 0.6 is 0 Å². The number of rotatable bonds is 12. The number of alkyl carbamates (subject to hydrolysis) is 1. The number of benzene rings is 3. The summed E-state index contributed by atoms with van der Waals surface area (Å²) in [6, 6.07) is 26.0. The fourth-order valence-corrected chi connectivity index (χ4v) is 9.66. The van der Waals surface area contributed by atoms with Crippen LogP contribution in [-0.4, -0.2) is 88.6 Å². The lowest BCUT2D eigenvalue weighted by atomic mass is 9.81. The maximum Gasteiger partial charge on any atom is 0.407 e. The van der Waals surface area contributed by atoms with Crippen molar-refractivity contribution in [1.29, 1.82) is 0 Å². The Kier molecular flexibility index (Phi) is 13.6. The first-order valence-corrected chi connectivity index (χ1v) is 22.2. The second-order valence-electron chi connectivity index (χ2n) is 17.2. The molecular weight excluding hydrogens is 771 g/mol. The molecule has 13 heteroatoms. The highest BCUT2D eigenvalue weighted by Crippen LogP contribution is 2.37. The third-order valence-electron chi connectivity index (χ3n) is 13.2. The highest BCUT2D eigenvalue weighted by atomic mass is 16.5. The average molecular weight is 830 g/mol. The van der Waals surface area contributed by atoms with Gasteiger partial charge in [-0.15, -0.1) is 0 Å². The molecule has 61 heavy (non-hydrogen) atoms. The van der Waals surface area contributed by atoms with Gasteiger partial charge in [-0.3, -0.25) is 9.59 Å². The van der Waals surface area contributed by atoms with Crippen LogP contribution in [0.25, 0.3) is 11.3 Å². The van der Waals surface area contributed by atoms with E-state index < -0.39 is 12.1 Å². The zero-order chi connectivity index (χ0) is 42.1. The number of hydrogen-bond acceptors (Lipinski definition) is 7. The van der Waals surface area contributed by atoms with E-state index >= 15 is 0 Å². The van der Waals surface area contributed by atoms with Crippen LogP contribution in [0.15, 0.2) is 91.1 Å². The van der Waals surface area contributed by atoms with Gasteiger partial charge in [-0.05, 0) is 98.8 Å². The summed E-state index contributed by atoms with van der Waals surface area (Å²) in [6.45, 7) is 1.46. The molecule has 4 aromatic rings. The van der Waals surface area contributed by atoms with Crippen LogP contribution in [0.3, 0.4) is 0 Å². The number of aromatic amines is 1. The maximum atomic E-state index is 14.5. The topological polar surface area (TPSA) is 158 Å². The minimum absolute atomic E-state index is 0.112. The van der Waals surface area contributed by atoms with Crippen LogP contribution in [0.5, 0.6) is 0 Å². The van der Waals surface area contributed by atoms with E-state index in [1.165, 1.54) is 5.56 Å². The van der Waals surface area contributed by atoms with Gasteiger partial charge in [0, 0.05) is 38.7 Å². The SMILES string of the molecule is COC1CCC(C(=O)NC2CCC(c3ccc(-c4cnc([C@@H]5CCCN5C(=O)[C@H](NC(=O)N5CC[C@@H](NC(=O)OCc6ccccc6)C5)c5ccccc5)[nH]4)cc3)CC2)CC1. The fourth-order valence-electron chi connectivity index (χ4n) is 9.66. The van der Waals surface area contributed by atoms with Gasteiger partial charge in [0.15, 0.2) is 0 Å². The van der Waals surface area contributed by atoms with Crippen LogP contribution in [-0.2, 0) is 25.7 Å². The van der Waals surface area contributed by atoms with Crippen LogP contribution in [0.4, 0.5) is 9.59 Å². The predicted molar refractivity (Wildman–Crippen MR) is 231 cm³/mol. The maximum absolute atomic E-state index is 14.5. The second kappa shape index (κ2) is 19.8. The molecule has 322 valence electrons. The van der Waals surface area contributed by atoms with Crippen LogP contribution in [0, 0.1) is 5.92 Å². The molecule has 4 N–H and O–H groups in total. The minimum Gasteiger partial charge on any atom is -0.445 e. The highest BCUT2D eigenvalue weighted by molar-refractivity contribution is 5.89. The number of nitrogens with one attached hydrogen (secondary N) is 4. The molecule has 2 aliphatic carbocycles. The van der Waals surface area contributed by atoms with Crippen LogP contribution < -0.4 is 16.0 Å². The first-order chi connectivity index (χ1) is 29.8. The van der Waals surface area contributed by atoms with Crippen molar-refractivity contribution < 1.29 is 28.7 Å². The molecule has 2 saturated carbocycles. The van der Waals surface area contributed by atoms with E-state index in [-0.39, 0.29) is 48.5 Å². The highest BCUT2D eigenvalue weighted by Gasteiger charge is 2.38. The molecular formula is C48H59N7O6. The van der Waals surface area contributed by atoms with Gasteiger partial charge in [0.25, 0.3) is 0 Å². The Balaban J connectivity index is 0.846. The van der Waals surface area contributed by atoms with Crippen molar-refractivity contribution >= 4 is 23.9 Å². The molecule has 4 aliphatic rings. The zero-order valence-corrected chi connectivity index (χ0v) is 35.1. The zero-order valence-electron chi connectivity index (χ0n) is 35.1. The van der Waals surface area contributed by atoms with Crippen LogP contribution in [0.2, 0.25) is 0 Å². The first-order valence-electron chi connectivity index (χ1n) is 22.2. The third-order valence-corrected chi connectivity index (χ3v) is 13.2. The Bertz CT molecular complexity index is 2080. The standard InChI is InChI=1S/C48H59N7O6/c1-60-40-24-20-37(21-25-40)45(56)50-38-22-18-34(19-23-38)33-14-16-35(17-15-33)41-29-49-44(52-41)42-13-8-27-55(42)46(57)43(36-11-6-3-7-12-36)53-47(58)54-28-26-39(30-54)51-48(59)61-31-32-9-4-2-5-10-32/h2-7,9-12,14-17,29,34,37-40,42-43H,8,13,18-28,30-31H2,1H3,(H,49,52)(H,50,56)(H,51,59)(H,53,58)/t34?,37?,38?,39-,40?,42+,43-/m1/s1. The number of aromatic nitrogens is 2. The molecule has 3 atom stereocenters. The number of hydrogen-bond donors (Lipinski definition) is 4. The Morgan fingerprint density at radius 3 is 2.23 bits per heavy atom. The number of H-pyrrole nitrogens is 1. The van der Waals surface area contributed by atoms with Gasteiger partial charge in [0.1, 0.15) is 18.5 Å². The van der Waals surface area contributed by atoms with Gasteiger partial charge in [0.2, 0.25) is 11.8 Å². The van der Waals surface area contributed by atoms with Crippen molar-refractivity contribution in [3.05, 3.63) is 114 Å². The molecule has 3 aromatic carbocycles. The van der Waals surface area contributed by atoms with E-state index in [1.807, 2.05) is 71.8 Å². The van der Waals surface area contributed by atoms with E-state index in [0.29, 0.717) is 43.6 Å². The van der Waals surface area contributed by atoms with Gasteiger partial charge in [-0.1, -0.05) is 84.9 Å². The number of carbonyl (C=O) groups is 4. The molecule has 3 heterocycles. The summed E-state index contributed by atoms with van der Waals surface area (Å²) in [7, 11) is 1.76. The molecule has 2 aliphatic heterocycles. The van der Waals surface area contributed by atoms with Gasteiger partial charge in [0.05, 0.1) is 30.1 Å². The summed E-state index contributed by atoms with van der Waals surface area (Å²) in [5.41, 5.74) is 4.82. The number of methoxy groups -OCH3 is 1. The molecule has 0 bridgehead atoms. The molecule has 4 fully saturated rings. The summed E-state index contributed by atoms with van der Waals surface area (Å²) < 4.78 is 10.9. The summed E-state index contributed by atoms with van der Waals surface area (Å²) in [4.78, 5) is 65.4.